The quantitative estimate of drug-likeness (QED) is 0.381. The highest BCUT2D eigenvalue weighted by Crippen LogP contribution is 2.40. The molecule has 0 saturated carbocycles. The number of aryl methyl sites for hydroxylation is 1. The molecule has 1 N–H and O–H groups in total. The topological polar surface area (TPSA) is 60.6 Å². The largest absolute Gasteiger partial charge is 0.357 e. The average molecular weight is 457 g/mol. The molecule has 170 valence electrons. The summed E-state index contributed by atoms with van der Waals surface area (Å²) in [5, 5.41) is 3.88. The molecule has 1 atom stereocenters. The normalized spacial score (nSPS) is 15.1. The zero-order valence-electron chi connectivity index (χ0n) is 18.5. The maximum atomic E-state index is 13.7. The van der Waals surface area contributed by atoms with Crippen LogP contribution < -0.4 is 5.32 Å². The molecule has 6 nitrogen and oxygen atoms in total. The van der Waals surface area contributed by atoms with Crippen LogP contribution in [0.15, 0.2) is 67.0 Å². The van der Waals surface area contributed by atoms with Gasteiger partial charge >= 0.3 is 0 Å². The van der Waals surface area contributed by atoms with E-state index in [9.17, 15) is 8.78 Å². The third-order valence-electron chi connectivity index (χ3n) is 6.43. The Morgan fingerprint density at radius 1 is 1.00 bits per heavy atom. The molecule has 4 heterocycles. The minimum atomic E-state index is -0.287. The Morgan fingerprint density at radius 3 is 2.65 bits per heavy atom. The highest BCUT2D eigenvalue weighted by molar-refractivity contribution is 5.80. The summed E-state index contributed by atoms with van der Waals surface area (Å²) in [6.07, 6.45) is 5.49. The van der Waals surface area contributed by atoms with Gasteiger partial charge in [0, 0.05) is 48.9 Å². The Morgan fingerprint density at radius 2 is 1.82 bits per heavy atom. The van der Waals surface area contributed by atoms with Crippen molar-refractivity contribution in [2.45, 2.75) is 25.4 Å². The molecule has 34 heavy (non-hydrogen) atoms. The molecule has 0 amide bonds. The standard InChI is InChI=1S/C26H22F2N6/c1-29-26-30-12-10-21(31-26)25-24(16-2-4-18(27)5-3-16)32-23-9-7-20(34(23)25)15-33-13-11-17-14-19(28)6-8-22(17)33/h2-6,8,10-14,20H,7,9,15H2,1H3,(H,29,30,31)/t20-/m0/s1. The Labute approximate surface area is 194 Å². The number of imidazole rings is 1. The van der Waals surface area contributed by atoms with Gasteiger partial charge in [-0.15, -0.1) is 0 Å². The van der Waals surface area contributed by atoms with E-state index in [4.69, 9.17) is 9.97 Å². The van der Waals surface area contributed by atoms with Gasteiger partial charge in [-0.3, -0.25) is 0 Å². The summed E-state index contributed by atoms with van der Waals surface area (Å²) in [5.74, 6) is 0.973. The fourth-order valence-corrected chi connectivity index (χ4v) is 4.87. The molecule has 5 aromatic rings. The molecular weight excluding hydrogens is 434 g/mol. The second-order valence-corrected chi connectivity index (χ2v) is 8.48. The number of nitrogens with one attached hydrogen (secondary N) is 1. The van der Waals surface area contributed by atoms with Crippen LogP contribution in [0, 0.1) is 11.6 Å². The zero-order valence-corrected chi connectivity index (χ0v) is 18.5. The summed E-state index contributed by atoms with van der Waals surface area (Å²) in [6.45, 7) is 0.721. The number of hydrogen-bond donors (Lipinski definition) is 1. The van der Waals surface area contributed by atoms with Gasteiger partial charge < -0.3 is 14.5 Å². The van der Waals surface area contributed by atoms with Crippen molar-refractivity contribution < 1.29 is 8.78 Å². The summed E-state index contributed by atoms with van der Waals surface area (Å²) >= 11 is 0. The van der Waals surface area contributed by atoms with Crippen LogP contribution in [0.3, 0.4) is 0 Å². The smallest absolute Gasteiger partial charge is 0.222 e. The van der Waals surface area contributed by atoms with Crippen molar-refractivity contribution in [3.63, 3.8) is 0 Å². The molecule has 0 saturated heterocycles. The summed E-state index contributed by atoms with van der Waals surface area (Å²) in [6, 6.07) is 15.2. The van der Waals surface area contributed by atoms with Crippen molar-refractivity contribution in [3.8, 4) is 22.6 Å². The Bertz CT molecular complexity index is 1500. The molecule has 0 spiro atoms. The Hall–Kier alpha value is -4.07. The van der Waals surface area contributed by atoms with Crippen molar-refractivity contribution in [1.29, 1.82) is 0 Å². The van der Waals surface area contributed by atoms with Gasteiger partial charge in [0.15, 0.2) is 0 Å². The predicted molar refractivity (Wildman–Crippen MR) is 127 cm³/mol. The molecule has 0 aliphatic carbocycles. The summed E-state index contributed by atoms with van der Waals surface area (Å²) < 4.78 is 31.7. The lowest BCUT2D eigenvalue weighted by atomic mass is 10.1. The van der Waals surface area contributed by atoms with E-state index >= 15 is 0 Å². The second-order valence-electron chi connectivity index (χ2n) is 8.48. The van der Waals surface area contributed by atoms with Crippen LogP contribution >= 0.6 is 0 Å². The molecule has 1 aliphatic rings. The van der Waals surface area contributed by atoms with E-state index in [2.05, 4.69) is 19.4 Å². The van der Waals surface area contributed by atoms with Crippen LogP contribution in [0.1, 0.15) is 18.3 Å². The van der Waals surface area contributed by atoms with E-state index in [0.717, 1.165) is 58.8 Å². The molecule has 2 aromatic carbocycles. The molecule has 0 fully saturated rings. The Kier molecular flexibility index (Phi) is 4.86. The summed E-state index contributed by atoms with van der Waals surface area (Å²) in [4.78, 5) is 13.9. The first-order valence-electron chi connectivity index (χ1n) is 11.2. The van der Waals surface area contributed by atoms with Crippen LogP contribution in [0.25, 0.3) is 33.5 Å². The molecular formula is C26H22F2N6. The average Bonchev–Trinajstić information content (AvgIpc) is 3.54. The first-order chi connectivity index (χ1) is 16.6. The van der Waals surface area contributed by atoms with Crippen molar-refractivity contribution in [2.24, 2.45) is 0 Å². The summed E-state index contributed by atoms with van der Waals surface area (Å²) in [5.41, 5.74) is 4.26. The maximum absolute atomic E-state index is 13.7. The second kappa shape index (κ2) is 8.06. The lowest BCUT2D eigenvalue weighted by molar-refractivity contribution is 0.459. The minimum absolute atomic E-state index is 0.139. The number of hydrogen-bond acceptors (Lipinski definition) is 4. The van der Waals surface area contributed by atoms with Crippen molar-refractivity contribution in [2.75, 3.05) is 12.4 Å². The third kappa shape index (κ3) is 3.42. The van der Waals surface area contributed by atoms with Crippen molar-refractivity contribution in [1.82, 2.24) is 24.1 Å². The van der Waals surface area contributed by atoms with Gasteiger partial charge in [0.05, 0.1) is 23.1 Å². The van der Waals surface area contributed by atoms with Crippen molar-refractivity contribution in [3.05, 3.63) is 84.4 Å². The fourth-order valence-electron chi connectivity index (χ4n) is 4.87. The lowest BCUT2D eigenvalue weighted by Gasteiger charge is -2.19. The Balaban J connectivity index is 1.48. The van der Waals surface area contributed by atoms with Gasteiger partial charge in [-0.05, 0) is 61.0 Å². The number of fused-ring (bicyclic) bond motifs is 2. The highest BCUT2D eigenvalue weighted by atomic mass is 19.1. The van der Waals surface area contributed by atoms with Crippen LogP contribution in [0.5, 0.6) is 0 Å². The SMILES string of the molecule is CNc1nccc(-c2c(-c3ccc(F)cc3)nc3n2[C@H](Cn2ccc4cc(F)ccc42)CC3)n1. The fraction of sp³-hybridized carbons (Fsp3) is 0.192. The molecule has 0 unspecified atom stereocenters. The van der Waals surface area contributed by atoms with Crippen molar-refractivity contribution >= 4 is 16.9 Å². The van der Waals surface area contributed by atoms with E-state index in [1.54, 1.807) is 31.4 Å². The number of anilines is 1. The molecule has 3 aromatic heterocycles. The van der Waals surface area contributed by atoms with Gasteiger partial charge in [-0.1, -0.05) is 0 Å². The van der Waals surface area contributed by atoms with Gasteiger partial charge in [-0.2, -0.15) is 0 Å². The van der Waals surface area contributed by atoms with Gasteiger partial charge in [0.1, 0.15) is 17.5 Å². The number of nitrogens with zero attached hydrogens (tertiary/aromatic N) is 5. The summed E-state index contributed by atoms with van der Waals surface area (Å²) in [7, 11) is 1.78. The van der Waals surface area contributed by atoms with Crippen LogP contribution in [0.4, 0.5) is 14.7 Å². The van der Waals surface area contributed by atoms with Crippen LogP contribution in [-0.2, 0) is 13.0 Å². The van der Waals surface area contributed by atoms with Crippen LogP contribution in [-0.4, -0.2) is 31.1 Å². The highest BCUT2D eigenvalue weighted by Gasteiger charge is 2.31. The number of benzene rings is 2. The minimum Gasteiger partial charge on any atom is -0.357 e. The number of halogens is 2. The number of rotatable bonds is 5. The maximum Gasteiger partial charge on any atom is 0.222 e. The molecule has 0 bridgehead atoms. The number of aromatic nitrogens is 5. The van der Waals surface area contributed by atoms with Crippen LogP contribution in [0.2, 0.25) is 0 Å². The molecule has 6 rings (SSSR count). The van der Waals surface area contributed by atoms with E-state index in [-0.39, 0.29) is 17.7 Å². The van der Waals surface area contributed by atoms with Gasteiger partial charge in [0.2, 0.25) is 5.95 Å². The molecule has 0 radical (unpaired) electrons. The predicted octanol–water partition coefficient (Wildman–Crippen LogP) is 5.47. The monoisotopic (exact) mass is 456 g/mol. The van der Waals surface area contributed by atoms with E-state index < -0.39 is 0 Å². The van der Waals surface area contributed by atoms with Gasteiger partial charge in [0.25, 0.3) is 0 Å². The van der Waals surface area contributed by atoms with E-state index in [0.29, 0.717) is 5.95 Å². The first kappa shape index (κ1) is 20.5. The van der Waals surface area contributed by atoms with E-state index in [1.807, 2.05) is 24.4 Å². The van der Waals surface area contributed by atoms with Gasteiger partial charge in [-0.25, -0.2) is 23.7 Å². The lowest BCUT2D eigenvalue weighted by Crippen LogP contribution is -2.13. The third-order valence-corrected chi connectivity index (χ3v) is 6.43. The zero-order chi connectivity index (χ0) is 23.2. The molecule has 1 aliphatic heterocycles. The first-order valence-corrected chi connectivity index (χ1v) is 11.2. The molecule has 8 heteroatoms. The van der Waals surface area contributed by atoms with E-state index in [1.165, 1.54) is 18.2 Å².